The predicted molar refractivity (Wildman–Crippen MR) is 182 cm³/mol. The van der Waals surface area contributed by atoms with Crippen molar-refractivity contribution >= 4 is 49.3 Å². The van der Waals surface area contributed by atoms with Crippen LogP contribution in [0.1, 0.15) is 29.0 Å². The van der Waals surface area contributed by atoms with E-state index in [1.165, 1.54) is 43.8 Å². The highest BCUT2D eigenvalue weighted by atomic mass is 16.3. The highest BCUT2D eigenvalue weighted by Gasteiger charge is 2.29. The number of aromatic nitrogens is 1. The SMILES string of the molecule is c1ccc2cc(C3NC(c4cccc5oc6cnccc6c45)=NC(c4ccc5c(c4)-c4cccc6cccc-5c46)N3)ccc2c1. The Bertz CT molecular complexity index is 2520. The highest BCUT2D eigenvalue weighted by Crippen LogP contribution is 2.48. The zero-order valence-electron chi connectivity index (χ0n) is 24.2. The highest BCUT2D eigenvalue weighted by molar-refractivity contribution is 6.18. The van der Waals surface area contributed by atoms with Crippen LogP contribution < -0.4 is 10.6 Å². The average molecular weight is 579 g/mol. The molecule has 8 aromatic rings. The number of benzene rings is 6. The standard InChI is InChI=1S/C40H26N4O/c1-2-7-25-20-26(15-14-23(25)6-1)38-42-39(27-16-17-28-29-10-3-8-24-9-4-11-30(36(24)29)33(28)21-27)44-40(43-38)32-12-5-13-34-37(32)31-18-19-41-22-35(31)45-34/h1-22,38-39,42H,(H,43,44). The molecule has 2 aliphatic rings. The minimum absolute atomic E-state index is 0.170. The molecule has 0 fully saturated rings. The largest absolute Gasteiger partial charge is 0.454 e. The molecule has 0 bridgehead atoms. The van der Waals surface area contributed by atoms with E-state index in [0.717, 1.165) is 44.5 Å². The predicted octanol–water partition coefficient (Wildman–Crippen LogP) is 9.27. The van der Waals surface area contributed by atoms with Crippen molar-refractivity contribution in [1.82, 2.24) is 15.6 Å². The number of hydrogen-bond donors (Lipinski definition) is 2. The first-order valence-corrected chi connectivity index (χ1v) is 15.3. The Morgan fingerprint density at radius 3 is 2.24 bits per heavy atom. The van der Waals surface area contributed by atoms with Gasteiger partial charge >= 0.3 is 0 Å². The van der Waals surface area contributed by atoms with Gasteiger partial charge in [0.25, 0.3) is 0 Å². The molecular formula is C40H26N4O. The monoisotopic (exact) mass is 578 g/mol. The number of fused-ring (bicyclic) bond motifs is 7. The first-order valence-electron chi connectivity index (χ1n) is 15.3. The molecule has 0 amide bonds. The van der Waals surface area contributed by atoms with E-state index in [-0.39, 0.29) is 12.3 Å². The summed E-state index contributed by atoms with van der Waals surface area (Å²) in [5.41, 5.74) is 9.99. The first kappa shape index (κ1) is 24.6. The molecule has 2 aromatic heterocycles. The van der Waals surface area contributed by atoms with E-state index < -0.39 is 0 Å². The van der Waals surface area contributed by atoms with Crippen LogP contribution in [0, 0.1) is 0 Å². The quantitative estimate of drug-likeness (QED) is 0.219. The van der Waals surface area contributed by atoms with Gasteiger partial charge < -0.3 is 9.73 Å². The number of hydrogen-bond acceptors (Lipinski definition) is 5. The van der Waals surface area contributed by atoms with Crippen molar-refractivity contribution in [2.24, 2.45) is 4.99 Å². The van der Waals surface area contributed by atoms with E-state index in [1.54, 1.807) is 6.20 Å². The van der Waals surface area contributed by atoms with Crippen LogP contribution in [-0.4, -0.2) is 10.8 Å². The summed E-state index contributed by atoms with van der Waals surface area (Å²) in [5.74, 6) is 0.827. The Morgan fingerprint density at radius 2 is 1.33 bits per heavy atom. The normalized spacial score (nSPS) is 17.1. The third-order valence-electron chi connectivity index (χ3n) is 9.37. The van der Waals surface area contributed by atoms with E-state index in [9.17, 15) is 0 Å². The Balaban J connectivity index is 1.15. The van der Waals surface area contributed by atoms with Crippen LogP contribution in [0.5, 0.6) is 0 Å². The maximum atomic E-state index is 6.20. The van der Waals surface area contributed by atoms with Crippen molar-refractivity contribution in [2.75, 3.05) is 0 Å². The van der Waals surface area contributed by atoms with Gasteiger partial charge in [0.15, 0.2) is 5.58 Å². The molecule has 6 aromatic carbocycles. The molecule has 5 nitrogen and oxygen atoms in total. The van der Waals surface area contributed by atoms with Gasteiger partial charge in [0.2, 0.25) is 0 Å². The van der Waals surface area contributed by atoms with Gasteiger partial charge in [-0.2, -0.15) is 0 Å². The molecule has 2 unspecified atom stereocenters. The molecule has 45 heavy (non-hydrogen) atoms. The summed E-state index contributed by atoms with van der Waals surface area (Å²) in [6.45, 7) is 0. The molecule has 0 spiro atoms. The van der Waals surface area contributed by atoms with Gasteiger partial charge in [-0.05, 0) is 79.2 Å². The molecule has 2 N–H and O–H groups in total. The zero-order valence-corrected chi connectivity index (χ0v) is 24.2. The lowest BCUT2D eigenvalue weighted by molar-refractivity contribution is 0.409. The molecule has 0 saturated carbocycles. The Kier molecular flexibility index (Phi) is 5.12. The number of amidine groups is 1. The number of rotatable bonds is 3. The van der Waals surface area contributed by atoms with Gasteiger partial charge in [-0.3, -0.25) is 10.3 Å². The summed E-state index contributed by atoms with van der Waals surface area (Å²) in [6.07, 6.45) is 3.15. The van der Waals surface area contributed by atoms with Crippen LogP contribution in [0.15, 0.2) is 143 Å². The molecule has 5 heteroatoms. The van der Waals surface area contributed by atoms with Gasteiger partial charge in [0.05, 0.1) is 6.20 Å². The average Bonchev–Trinajstić information content (AvgIpc) is 3.65. The van der Waals surface area contributed by atoms with Gasteiger partial charge in [-0.15, -0.1) is 0 Å². The second-order valence-corrected chi connectivity index (χ2v) is 11.9. The lowest BCUT2D eigenvalue weighted by atomic mass is 9.98. The van der Waals surface area contributed by atoms with Crippen LogP contribution >= 0.6 is 0 Å². The summed E-state index contributed by atoms with van der Waals surface area (Å²) >= 11 is 0. The topological polar surface area (TPSA) is 62.5 Å². The maximum Gasteiger partial charge on any atom is 0.153 e. The molecule has 1 aliphatic heterocycles. The Morgan fingerprint density at radius 1 is 0.556 bits per heavy atom. The molecule has 0 saturated heterocycles. The zero-order chi connectivity index (χ0) is 29.5. The maximum absolute atomic E-state index is 6.20. The molecule has 2 atom stereocenters. The van der Waals surface area contributed by atoms with Crippen LogP contribution in [0.3, 0.4) is 0 Å². The van der Waals surface area contributed by atoms with Crippen LogP contribution in [-0.2, 0) is 0 Å². The van der Waals surface area contributed by atoms with Crippen LogP contribution in [0.25, 0.3) is 65.7 Å². The summed E-state index contributed by atoms with van der Waals surface area (Å²) in [7, 11) is 0. The smallest absolute Gasteiger partial charge is 0.153 e. The third kappa shape index (κ3) is 3.71. The number of aliphatic imine (C=N–C) groups is 1. The molecule has 10 rings (SSSR count). The molecule has 212 valence electrons. The third-order valence-corrected chi connectivity index (χ3v) is 9.37. The molecule has 3 heterocycles. The number of nitrogens with zero attached hydrogens (tertiary/aromatic N) is 2. The molecular weight excluding hydrogens is 552 g/mol. The first-order chi connectivity index (χ1) is 22.3. The van der Waals surface area contributed by atoms with Crippen molar-refractivity contribution in [3.05, 3.63) is 150 Å². The van der Waals surface area contributed by atoms with E-state index >= 15 is 0 Å². The van der Waals surface area contributed by atoms with E-state index in [0.29, 0.717) is 0 Å². The second kappa shape index (κ2) is 9.36. The Labute approximate surface area is 258 Å². The van der Waals surface area contributed by atoms with Crippen molar-refractivity contribution in [2.45, 2.75) is 12.3 Å². The number of nitrogens with one attached hydrogen (secondary N) is 2. The summed E-state index contributed by atoms with van der Waals surface area (Å²) in [6, 6.07) is 43.3. The van der Waals surface area contributed by atoms with Crippen molar-refractivity contribution in [1.29, 1.82) is 0 Å². The van der Waals surface area contributed by atoms with Gasteiger partial charge in [-0.25, -0.2) is 4.99 Å². The molecule has 0 radical (unpaired) electrons. The van der Waals surface area contributed by atoms with Crippen LogP contribution in [0.2, 0.25) is 0 Å². The fraction of sp³-hybridized carbons (Fsp3) is 0.0500. The van der Waals surface area contributed by atoms with E-state index in [1.807, 2.05) is 24.4 Å². The van der Waals surface area contributed by atoms with E-state index in [4.69, 9.17) is 9.41 Å². The lowest BCUT2D eigenvalue weighted by Crippen LogP contribution is -2.45. The number of pyridine rings is 1. The Hall–Kier alpha value is -5.78. The van der Waals surface area contributed by atoms with Gasteiger partial charge in [0.1, 0.15) is 23.8 Å². The van der Waals surface area contributed by atoms with Crippen LogP contribution in [0.4, 0.5) is 0 Å². The number of furan rings is 1. The summed E-state index contributed by atoms with van der Waals surface area (Å²) in [4.78, 5) is 9.64. The summed E-state index contributed by atoms with van der Waals surface area (Å²) < 4.78 is 6.20. The van der Waals surface area contributed by atoms with Crippen molar-refractivity contribution < 1.29 is 4.42 Å². The van der Waals surface area contributed by atoms with Gasteiger partial charge in [0, 0.05) is 22.5 Å². The van der Waals surface area contributed by atoms with Crippen molar-refractivity contribution in [3.63, 3.8) is 0 Å². The fourth-order valence-electron chi connectivity index (χ4n) is 7.28. The molecule has 1 aliphatic carbocycles. The van der Waals surface area contributed by atoms with Gasteiger partial charge in [-0.1, -0.05) is 97.1 Å². The second-order valence-electron chi connectivity index (χ2n) is 11.9. The lowest BCUT2D eigenvalue weighted by Gasteiger charge is -2.32. The summed E-state index contributed by atoms with van der Waals surface area (Å²) in [5, 5.41) is 14.7. The van der Waals surface area contributed by atoms with Crippen molar-refractivity contribution in [3.8, 4) is 22.3 Å². The minimum atomic E-state index is -0.277. The van der Waals surface area contributed by atoms with E-state index in [2.05, 4.69) is 119 Å². The minimum Gasteiger partial charge on any atom is -0.454 e. The fourth-order valence-corrected chi connectivity index (χ4v) is 7.28.